The van der Waals surface area contributed by atoms with Crippen molar-refractivity contribution in [2.75, 3.05) is 13.1 Å². The molecule has 88 valence electrons. The van der Waals surface area contributed by atoms with Crippen LogP contribution in [0.25, 0.3) is 0 Å². The molecule has 0 radical (unpaired) electrons. The van der Waals surface area contributed by atoms with Crippen molar-refractivity contribution in [1.29, 1.82) is 0 Å². The molecule has 4 nitrogen and oxygen atoms in total. The van der Waals surface area contributed by atoms with E-state index in [1.54, 1.807) is 0 Å². The molecule has 0 unspecified atom stereocenters. The molecule has 1 saturated heterocycles. The van der Waals surface area contributed by atoms with E-state index in [9.17, 15) is 4.79 Å². The van der Waals surface area contributed by atoms with E-state index in [-0.39, 0.29) is 6.09 Å². The van der Waals surface area contributed by atoms with Crippen LogP contribution in [0.3, 0.4) is 0 Å². The summed E-state index contributed by atoms with van der Waals surface area (Å²) in [6.07, 6.45) is 0.803. The van der Waals surface area contributed by atoms with Crippen molar-refractivity contribution >= 4 is 6.09 Å². The first-order valence-electron chi connectivity index (χ1n) is 5.57. The third kappa shape index (κ3) is 5.02. The zero-order valence-electron chi connectivity index (χ0n) is 10.1. The lowest BCUT2D eigenvalue weighted by molar-refractivity contribution is 0.0520. The smallest absolute Gasteiger partial charge is 0.407 e. The molecule has 15 heavy (non-hydrogen) atoms. The predicted molar refractivity (Wildman–Crippen MR) is 59.8 cm³/mol. The first-order valence-corrected chi connectivity index (χ1v) is 5.57. The maximum Gasteiger partial charge on any atom is 0.407 e. The van der Waals surface area contributed by atoms with Crippen LogP contribution in [-0.2, 0) is 4.74 Å². The van der Waals surface area contributed by atoms with E-state index in [0.717, 1.165) is 13.0 Å². The molecule has 0 aromatic heterocycles. The Kier molecular flexibility index (Phi) is 3.97. The minimum absolute atomic E-state index is 0.318. The lowest BCUT2D eigenvalue weighted by Crippen LogP contribution is -2.35. The van der Waals surface area contributed by atoms with Crippen LogP contribution >= 0.6 is 0 Å². The van der Waals surface area contributed by atoms with Gasteiger partial charge < -0.3 is 15.4 Å². The zero-order chi connectivity index (χ0) is 11.5. The van der Waals surface area contributed by atoms with Crippen LogP contribution in [0.1, 0.15) is 34.1 Å². The number of ether oxygens (including phenoxy) is 1. The highest BCUT2D eigenvalue weighted by Crippen LogP contribution is 2.12. The lowest BCUT2D eigenvalue weighted by Gasteiger charge is -2.20. The van der Waals surface area contributed by atoms with Crippen LogP contribution in [-0.4, -0.2) is 30.8 Å². The second-order valence-corrected chi connectivity index (χ2v) is 5.29. The van der Waals surface area contributed by atoms with Gasteiger partial charge in [0.2, 0.25) is 0 Å². The van der Waals surface area contributed by atoms with Crippen molar-refractivity contribution < 1.29 is 9.53 Å². The van der Waals surface area contributed by atoms with Gasteiger partial charge in [-0.2, -0.15) is 0 Å². The molecule has 0 aromatic carbocycles. The van der Waals surface area contributed by atoms with Gasteiger partial charge in [0.25, 0.3) is 0 Å². The van der Waals surface area contributed by atoms with Crippen LogP contribution in [0.5, 0.6) is 0 Å². The summed E-state index contributed by atoms with van der Waals surface area (Å²) < 4.78 is 5.15. The number of amides is 1. The fourth-order valence-electron chi connectivity index (χ4n) is 1.73. The zero-order valence-corrected chi connectivity index (χ0v) is 10.1. The molecule has 1 heterocycles. The van der Waals surface area contributed by atoms with Crippen LogP contribution in [0.2, 0.25) is 0 Å². The summed E-state index contributed by atoms with van der Waals surface area (Å²) >= 11 is 0. The number of hydrogen-bond acceptors (Lipinski definition) is 3. The molecule has 0 aromatic rings. The third-order valence-electron chi connectivity index (χ3n) is 2.38. The van der Waals surface area contributed by atoms with Gasteiger partial charge in [-0.3, -0.25) is 0 Å². The Balaban J connectivity index is 2.17. The highest BCUT2D eigenvalue weighted by Gasteiger charge is 2.22. The molecule has 0 aliphatic carbocycles. The molecule has 2 atom stereocenters. The third-order valence-corrected chi connectivity index (χ3v) is 2.38. The molecule has 1 amide bonds. The molecule has 1 aliphatic heterocycles. The average molecular weight is 214 g/mol. The monoisotopic (exact) mass is 214 g/mol. The highest BCUT2D eigenvalue weighted by atomic mass is 16.6. The van der Waals surface area contributed by atoms with Crippen molar-refractivity contribution in [3.8, 4) is 0 Å². The largest absolute Gasteiger partial charge is 0.444 e. The maximum absolute atomic E-state index is 11.3. The number of hydrogen-bond donors (Lipinski definition) is 2. The van der Waals surface area contributed by atoms with Gasteiger partial charge >= 0.3 is 6.09 Å². The van der Waals surface area contributed by atoms with Gasteiger partial charge in [0.05, 0.1) is 0 Å². The molecule has 1 aliphatic rings. The second kappa shape index (κ2) is 4.84. The van der Waals surface area contributed by atoms with E-state index < -0.39 is 5.60 Å². The van der Waals surface area contributed by atoms with Gasteiger partial charge in [-0.05, 0) is 46.6 Å². The van der Waals surface area contributed by atoms with Gasteiger partial charge in [-0.15, -0.1) is 0 Å². The average Bonchev–Trinajstić information content (AvgIpc) is 2.45. The summed E-state index contributed by atoms with van der Waals surface area (Å²) in [4.78, 5) is 11.3. The number of rotatable bonds is 2. The van der Waals surface area contributed by atoms with Gasteiger partial charge in [0.15, 0.2) is 0 Å². The van der Waals surface area contributed by atoms with Gasteiger partial charge in [0.1, 0.15) is 5.60 Å². The molecule has 0 spiro atoms. The molecule has 1 rings (SSSR count). The summed E-state index contributed by atoms with van der Waals surface area (Å²) in [6, 6.07) is 0.565. The SMILES string of the molecule is C[C@H]1C[C@@H](CNC(=O)OC(C)(C)C)CN1. The van der Waals surface area contributed by atoms with Crippen LogP contribution < -0.4 is 10.6 Å². The Bertz CT molecular complexity index is 223. The maximum atomic E-state index is 11.3. The van der Waals surface area contributed by atoms with Gasteiger partial charge in [0, 0.05) is 12.6 Å². The van der Waals surface area contributed by atoms with Crippen molar-refractivity contribution in [2.24, 2.45) is 5.92 Å². The molecule has 0 saturated carbocycles. The number of alkyl carbamates (subject to hydrolysis) is 1. The van der Waals surface area contributed by atoms with Crippen molar-refractivity contribution in [2.45, 2.75) is 45.8 Å². The topological polar surface area (TPSA) is 50.4 Å². The first-order chi connectivity index (χ1) is 6.87. The number of carbonyl (C=O) groups excluding carboxylic acids is 1. The molecule has 1 fully saturated rings. The van der Waals surface area contributed by atoms with Crippen LogP contribution in [0, 0.1) is 5.92 Å². The summed E-state index contributed by atoms with van der Waals surface area (Å²) in [5, 5.41) is 6.15. The second-order valence-electron chi connectivity index (χ2n) is 5.29. The standard InChI is InChI=1S/C11H22N2O2/c1-8-5-9(6-12-8)7-13-10(14)15-11(2,3)4/h8-9,12H,5-7H2,1-4H3,(H,13,14)/t8-,9+/m0/s1. The Morgan fingerprint density at radius 3 is 2.67 bits per heavy atom. The minimum atomic E-state index is -0.411. The minimum Gasteiger partial charge on any atom is -0.444 e. The highest BCUT2D eigenvalue weighted by molar-refractivity contribution is 5.67. The molecule has 2 N–H and O–H groups in total. The number of carbonyl (C=O) groups is 1. The Labute approximate surface area is 91.8 Å². The normalized spacial score (nSPS) is 26.4. The molecule has 0 bridgehead atoms. The van der Waals surface area contributed by atoms with E-state index in [4.69, 9.17) is 4.74 Å². The number of nitrogens with one attached hydrogen (secondary N) is 2. The predicted octanol–water partition coefficient (Wildman–Crippen LogP) is 1.51. The quantitative estimate of drug-likeness (QED) is 0.732. The van der Waals surface area contributed by atoms with E-state index in [2.05, 4.69) is 17.6 Å². The Morgan fingerprint density at radius 1 is 1.53 bits per heavy atom. The fraction of sp³-hybridized carbons (Fsp3) is 0.909. The van der Waals surface area contributed by atoms with E-state index in [1.807, 2.05) is 20.8 Å². The molecular formula is C11H22N2O2. The lowest BCUT2D eigenvalue weighted by atomic mass is 10.1. The Morgan fingerprint density at radius 2 is 2.20 bits per heavy atom. The summed E-state index contributed by atoms with van der Waals surface area (Å²) in [6.45, 7) is 9.44. The van der Waals surface area contributed by atoms with Crippen molar-refractivity contribution in [1.82, 2.24) is 10.6 Å². The Hall–Kier alpha value is -0.770. The molecular weight excluding hydrogens is 192 g/mol. The van der Waals surface area contributed by atoms with Crippen LogP contribution in [0.15, 0.2) is 0 Å². The molecule has 4 heteroatoms. The van der Waals surface area contributed by atoms with E-state index in [0.29, 0.717) is 18.5 Å². The van der Waals surface area contributed by atoms with E-state index in [1.165, 1.54) is 0 Å². The van der Waals surface area contributed by atoms with Gasteiger partial charge in [-0.25, -0.2) is 4.79 Å². The van der Waals surface area contributed by atoms with Crippen molar-refractivity contribution in [3.63, 3.8) is 0 Å². The first kappa shape index (κ1) is 12.3. The van der Waals surface area contributed by atoms with E-state index >= 15 is 0 Å². The fourth-order valence-corrected chi connectivity index (χ4v) is 1.73. The summed E-state index contributed by atoms with van der Waals surface area (Å²) in [5.41, 5.74) is -0.411. The summed E-state index contributed by atoms with van der Waals surface area (Å²) in [5.74, 6) is 0.535. The summed E-state index contributed by atoms with van der Waals surface area (Å²) in [7, 11) is 0. The van der Waals surface area contributed by atoms with Gasteiger partial charge in [-0.1, -0.05) is 0 Å². The van der Waals surface area contributed by atoms with Crippen molar-refractivity contribution in [3.05, 3.63) is 0 Å². The van der Waals surface area contributed by atoms with Crippen LogP contribution in [0.4, 0.5) is 4.79 Å².